The molecule has 5 heteroatoms. The van der Waals surface area contributed by atoms with Gasteiger partial charge in [0, 0.05) is 35.0 Å². The molecule has 2 aliphatic heterocycles. The topological polar surface area (TPSA) is 54.6 Å². The summed E-state index contributed by atoms with van der Waals surface area (Å²) in [5.74, 6) is 1.11. The third-order valence-electron chi connectivity index (χ3n) is 6.52. The average molecular weight is 370 g/mol. The molecule has 2 aromatic rings. The van der Waals surface area contributed by atoms with E-state index in [1.54, 1.807) is 7.11 Å². The predicted molar refractivity (Wildman–Crippen MR) is 106 cm³/mol. The summed E-state index contributed by atoms with van der Waals surface area (Å²) >= 11 is 0. The van der Waals surface area contributed by atoms with Crippen molar-refractivity contribution in [2.45, 2.75) is 63.5 Å². The number of hydrogen-bond donors (Lipinski definition) is 1. The van der Waals surface area contributed by atoms with Crippen molar-refractivity contribution in [1.29, 1.82) is 0 Å². The summed E-state index contributed by atoms with van der Waals surface area (Å²) in [6.45, 7) is 3.42. The SMILES string of the molecule is CCC1C(CCC(=O)OC)c2c([nH]c3cccc(OC)c23)C2CCCCN21. The van der Waals surface area contributed by atoms with Gasteiger partial charge in [-0.3, -0.25) is 9.69 Å². The molecule has 0 aliphatic carbocycles. The van der Waals surface area contributed by atoms with E-state index in [0.29, 0.717) is 24.4 Å². The van der Waals surface area contributed by atoms with Crippen molar-refractivity contribution in [2.24, 2.45) is 0 Å². The zero-order chi connectivity index (χ0) is 19.0. The van der Waals surface area contributed by atoms with E-state index < -0.39 is 0 Å². The summed E-state index contributed by atoms with van der Waals surface area (Å²) < 4.78 is 10.7. The van der Waals surface area contributed by atoms with Crippen LogP contribution in [0.15, 0.2) is 18.2 Å². The number of carbonyl (C=O) groups excluding carboxylic acids is 1. The minimum atomic E-state index is -0.126. The molecular formula is C22H30N2O3. The summed E-state index contributed by atoms with van der Waals surface area (Å²) in [6.07, 6.45) is 6.09. The Morgan fingerprint density at radius 2 is 2.15 bits per heavy atom. The zero-order valence-corrected chi connectivity index (χ0v) is 16.6. The summed E-state index contributed by atoms with van der Waals surface area (Å²) in [5, 5.41) is 1.20. The van der Waals surface area contributed by atoms with E-state index in [1.165, 1.54) is 43.0 Å². The van der Waals surface area contributed by atoms with Gasteiger partial charge in [0.25, 0.3) is 0 Å². The van der Waals surface area contributed by atoms with Crippen LogP contribution in [0.4, 0.5) is 0 Å². The number of ether oxygens (including phenoxy) is 2. The Bertz CT molecular complexity index is 828. The van der Waals surface area contributed by atoms with Gasteiger partial charge in [0.2, 0.25) is 0 Å². The molecular weight excluding hydrogens is 340 g/mol. The van der Waals surface area contributed by atoms with Gasteiger partial charge in [-0.05, 0) is 49.9 Å². The van der Waals surface area contributed by atoms with Crippen molar-refractivity contribution < 1.29 is 14.3 Å². The van der Waals surface area contributed by atoms with Crippen LogP contribution in [0.5, 0.6) is 5.75 Å². The molecule has 0 spiro atoms. The molecule has 1 N–H and O–H groups in total. The number of hydrogen-bond acceptors (Lipinski definition) is 4. The Morgan fingerprint density at radius 1 is 1.30 bits per heavy atom. The molecule has 5 nitrogen and oxygen atoms in total. The van der Waals surface area contributed by atoms with Gasteiger partial charge >= 0.3 is 5.97 Å². The van der Waals surface area contributed by atoms with Crippen molar-refractivity contribution in [3.63, 3.8) is 0 Å². The fourth-order valence-corrected chi connectivity index (χ4v) is 5.39. The molecule has 1 aromatic heterocycles. The Balaban J connectivity index is 1.87. The molecule has 3 unspecified atom stereocenters. The van der Waals surface area contributed by atoms with Gasteiger partial charge in [0.05, 0.1) is 20.3 Å². The number of aromatic nitrogens is 1. The quantitative estimate of drug-likeness (QED) is 0.786. The first-order chi connectivity index (χ1) is 13.2. The maximum absolute atomic E-state index is 11.9. The van der Waals surface area contributed by atoms with Gasteiger partial charge in [0.1, 0.15) is 5.75 Å². The molecule has 0 bridgehead atoms. The molecule has 4 rings (SSSR count). The van der Waals surface area contributed by atoms with Crippen LogP contribution in [-0.2, 0) is 9.53 Å². The van der Waals surface area contributed by atoms with Gasteiger partial charge in [0.15, 0.2) is 0 Å². The number of rotatable bonds is 5. The minimum Gasteiger partial charge on any atom is -0.496 e. The van der Waals surface area contributed by atoms with Gasteiger partial charge in [-0.15, -0.1) is 0 Å². The van der Waals surface area contributed by atoms with Crippen LogP contribution in [0, 0.1) is 0 Å². The van der Waals surface area contributed by atoms with Gasteiger partial charge in [-0.25, -0.2) is 0 Å². The number of fused-ring (bicyclic) bond motifs is 5. The second kappa shape index (κ2) is 7.55. The molecule has 2 aliphatic rings. The van der Waals surface area contributed by atoms with E-state index in [0.717, 1.165) is 30.7 Å². The average Bonchev–Trinajstić information content (AvgIpc) is 3.11. The van der Waals surface area contributed by atoms with E-state index in [-0.39, 0.29) is 5.97 Å². The number of carbonyl (C=O) groups is 1. The third-order valence-corrected chi connectivity index (χ3v) is 6.52. The first-order valence-electron chi connectivity index (χ1n) is 10.2. The highest BCUT2D eigenvalue weighted by Gasteiger charge is 2.43. The Kier molecular flexibility index (Phi) is 5.13. The van der Waals surface area contributed by atoms with Crippen LogP contribution in [0.2, 0.25) is 0 Å². The summed E-state index contributed by atoms with van der Waals surface area (Å²) in [4.78, 5) is 18.3. The Labute approximate surface area is 161 Å². The van der Waals surface area contributed by atoms with E-state index >= 15 is 0 Å². The molecule has 1 saturated heterocycles. The first kappa shape index (κ1) is 18.4. The normalized spacial score (nSPS) is 25.1. The summed E-state index contributed by atoms with van der Waals surface area (Å²) in [5.41, 5.74) is 3.86. The predicted octanol–water partition coefficient (Wildman–Crippen LogP) is 4.53. The van der Waals surface area contributed by atoms with E-state index in [2.05, 4.69) is 22.9 Å². The lowest BCUT2D eigenvalue weighted by atomic mass is 9.76. The molecule has 0 saturated carbocycles. The number of nitrogens with one attached hydrogen (secondary N) is 1. The maximum Gasteiger partial charge on any atom is 0.305 e. The van der Waals surface area contributed by atoms with E-state index in [1.807, 2.05) is 12.1 Å². The lowest BCUT2D eigenvalue weighted by Crippen LogP contribution is -2.48. The van der Waals surface area contributed by atoms with Gasteiger partial charge < -0.3 is 14.5 Å². The van der Waals surface area contributed by atoms with Crippen LogP contribution in [0.25, 0.3) is 10.9 Å². The fraction of sp³-hybridized carbons (Fsp3) is 0.591. The molecule has 146 valence electrons. The molecule has 0 radical (unpaired) electrons. The molecule has 3 heterocycles. The van der Waals surface area contributed by atoms with Gasteiger partial charge in [-0.1, -0.05) is 19.4 Å². The van der Waals surface area contributed by atoms with Crippen LogP contribution in [0.3, 0.4) is 0 Å². The number of esters is 1. The summed E-state index contributed by atoms with van der Waals surface area (Å²) in [6, 6.07) is 7.13. The second-order valence-electron chi connectivity index (χ2n) is 7.78. The highest BCUT2D eigenvalue weighted by Crippen LogP contribution is 2.50. The summed E-state index contributed by atoms with van der Waals surface area (Å²) in [7, 11) is 3.21. The largest absolute Gasteiger partial charge is 0.496 e. The number of H-pyrrole nitrogens is 1. The van der Waals surface area contributed by atoms with Crippen LogP contribution >= 0.6 is 0 Å². The van der Waals surface area contributed by atoms with Crippen molar-refractivity contribution in [3.05, 3.63) is 29.5 Å². The van der Waals surface area contributed by atoms with Crippen molar-refractivity contribution in [2.75, 3.05) is 20.8 Å². The molecule has 0 amide bonds. The maximum atomic E-state index is 11.9. The molecule has 27 heavy (non-hydrogen) atoms. The second-order valence-corrected chi connectivity index (χ2v) is 7.78. The van der Waals surface area contributed by atoms with E-state index in [9.17, 15) is 4.79 Å². The Morgan fingerprint density at radius 3 is 2.89 bits per heavy atom. The number of methoxy groups -OCH3 is 2. The highest BCUT2D eigenvalue weighted by atomic mass is 16.5. The monoisotopic (exact) mass is 370 g/mol. The first-order valence-corrected chi connectivity index (χ1v) is 10.2. The van der Waals surface area contributed by atoms with Crippen molar-refractivity contribution >= 4 is 16.9 Å². The van der Waals surface area contributed by atoms with Crippen LogP contribution < -0.4 is 4.74 Å². The number of benzene rings is 1. The zero-order valence-electron chi connectivity index (χ0n) is 16.6. The molecule has 3 atom stereocenters. The van der Waals surface area contributed by atoms with Crippen LogP contribution in [-0.4, -0.2) is 42.7 Å². The number of piperidine rings is 1. The molecule has 1 fully saturated rings. The standard InChI is InChI=1S/C22H30N2O3/c1-4-16-14(11-12-19(25)27-3)20-21-15(8-7-10-18(21)26-2)23-22(20)17-9-5-6-13-24(16)17/h7-8,10,14,16-17,23H,4-6,9,11-13H2,1-3H3. The van der Waals surface area contributed by atoms with Crippen molar-refractivity contribution in [3.8, 4) is 5.75 Å². The number of nitrogens with zero attached hydrogens (tertiary/aromatic N) is 1. The third kappa shape index (κ3) is 3.02. The van der Waals surface area contributed by atoms with Gasteiger partial charge in [-0.2, -0.15) is 0 Å². The highest BCUT2D eigenvalue weighted by molar-refractivity contribution is 5.91. The lowest BCUT2D eigenvalue weighted by Gasteiger charge is -2.48. The Hall–Kier alpha value is -2.01. The fourth-order valence-electron chi connectivity index (χ4n) is 5.39. The minimum absolute atomic E-state index is 0.126. The number of aromatic amines is 1. The van der Waals surface area contributed by atoms with Crippen molar-refractivity contribution in [1.82, 2.24) is 9.88 Å². The van der Waals surface area contributed by atoms with Crippen LogP contribution in [0.1, 0.15) is 68.7 Å². The molecule has 1 aromatic carbocycles. The smallest absolute Gasteiger partial charge is 0.305 e. The van der Waals surface area contributed by atoms with E-state index in [4.69, 9.17) is 9.47 Å². The lowest BCUT2D eigenvalue weighted by molar-refractivity contribution is -0.140.